The molecule has 0 aliphatic heterocycles. The zero-order valence-electron chi connectivity index (χ0n) is 10.1. The Morgan fingerprint density at radius 1 is 1.32 bits per heavy atom. The smallest absolute Gasteiger partial charge is 0.364 e. The Bertz CT molecular complexity index is 703. The molecule has 0 unspecified atom stereocenters. The molecule has 1 N–H and O–H groups in total. The second-order valence-corrected chi connectivity index (χ2v) is 3.57. The normalized spacial score (nSPS) is 10.2. The zero-order chi connectivity index (χ0) is 13.8. The Labute approximate surface area is 107 Å². The fourth-order valence-electron chi connectivity index (χ4n) is 1.54. The Morgan fingerprint density at radius 3 is 2.63 bits per heavy atom. The SMILES string of the molecule is CCOC(=O)c1n[nH]c(=O)n(-c2ccccc2)c1=O. The Hall–Kier alpha value is -2.70. The zero-order valence-corrected chi connectivity index (χ0v) is 10.1. The fourth-order valence-corrected chi connectivity index (χ4v) is 1.54. The minimum absolute atomic E-state index is 0.115. The first-order valence-electron chi connectivity index (χ1n) is 5.59. The molecule has 2 rings (SSSR count). The van der Waals surface area contributed by atoms with Gasteiger partial charge in [0.2, 0.25) is 5.69 Å². The number of carbonyl (C=O) groups excluding carboxylic acids is 1. The van der Waals surface area contributed by atoms with Crippen molar-refractivity contribution in [3.8, 4) is 5.69 Å². The van der Waals surface area contributed by atoms with Crippen LogP contribution in [0.4, 0.5) is 0 Å². The summed E-state index contributed by atoms with van der Waals surface area (Å²) >= 11 is 0. The molecule has 0 fully saturated rings. The lowest BCUT2D eigenvalue weighted by Gasteiger charge is -2.05. The molecule has 98 valence electrons. The van der Waals surface area contributed by atoms with Gasteiger partial charge >= 0.3 is 11.7 Å². The summed E-state index contributed by atoms with van der Waals surface area (Å²) in [6, 6.07) is 8.24. The maximum Gasteiger partial charge on any atom is 0.364 e. The molecule has 0 spiro atoms. The van der Waals surface area contributed by atoms with Crippen LogP contribution in [0.1, 0.15) is 17.4 Å². The summed E-state index contributed by atoms with van der Waals surface area (Å²) in [5.74, 6) is -0.867. The van der Waals surface area contributed by atoms with Gasteiger partial charge in [0.15, 0.2) is 0 Å². The predicted molar refractivity (Wildman–Crippen MR) is 66.4 cm³/mol. The first-order valence-corrected chi connectivity index (χ1v) is 5.59. The molecule has 0 aliphatic carbocycles. The van der Waals surface area contributed by atoms with Gasteiger partial charge in [-0.1, -0.05) is 18.2 Å². The third kappa shape index (κ3) is 2.44. The molecule has 0 bridgehead atoms. The van der Waals surface area contributed by atoms with E-state index in [-0.39, 0.29) is 6.61 Å². The van der Waals surface area contributed by atoms with Crippen LogP contribution in [0, 0.1) is 0 Å². The van der Waals surface area contributed by atoms with E-state index in [1.165, 1.54) is 0 Å². The van der Waals surface area contributed by atoms with Gasteiger partial charge in [0, 0.05) is 0 Å². The standard InChI is InChI=1S/C12H11N3O4/c1-2-19-11(17)9-10(16)15(12(18)14-13-9)8-6-4-3-5-7-8/h3-7H,2H2,1H3,(H,14,18). The highest BCUT2D eigenvalue weighted by atomic mass is 16.5. The van der Waals surface area contributed by atoms with Gasteiger partial charge in [0.25, 0.3) is 5.56 Å². The third-order valence-corrected chi connectivity index (χ3v) is 2.36. The highest BCUT2D eigenvalue weighted by Crippen LogP contribution is 2.00. The van der Waals surface area contributed by atoms with E-state index >= 15 is 0 Å². The number of carbonyl (C=O) groups is 1. The number of rotatable bonds is 3. The molecule has 7 nitrogen and oxygen atoms in total. The first-order chi connectivity index (χ1) is 9.15. The van der Waals surface area contributed by atoms with Crippen LogP contribution in [-0.2, 0) is 4.74 Å². The van der Waals surface area contributed by atoms with E-state index in [1.807, 2.05) is 0 Å². The van der Waals surface area contributed by atoms with E-state index in [0.717, 1.165) is 4.57 Å². The van der Waals surface area contributed by atoms with Gasteiger partial charge in [-0.3, -0.25) is 4.79 Å². The van der Waals surface area contributed by atoms with Crippen molar-refractivity contribution in [1.29, 1.82) is 0 Å². The number of hydrogen-bond acceptors (Lipinski definition) is 5. The van der Waals surface area contributed by atoms with Crippen molar-refractivity contribution in [3.05, 3.63) is 56.9 Å². The third-order valence-electron chi connectivity index (χ3n) is 2.36. The summed E-state index contributed by atoms with van der Waals surface area (Å²) in [7, 11) is 0. The molecule has 0 saturated heterocycles. The largest absolute Gasteiger partial charge is 0.461 e. The van der Waals surface area contributed by atoms with Crippen LogP contribution in [-0.4, -0.2) is 27.3 Å². The van der Waals surface area contributed by atoms with Crippen LogP contribution in [0.3, 0.4) is 0 Å². The van der Waals surface area contributed by atoms with Gasteiger partial charge in [-0.05, 0) is 19.1 Å². The lowest BCUT2D eigenvalue weighted by molar-refractivity contribution is 0.0515. The van der Waals surface area contributed by atoms with Crippen molar-refractivity contribution in [1.82, 2.24) is 14.8 Å². The van der Waals surface area contributed by atoms with E-state index in [0.29, 0.717) is 5.69 Å². The van der Waals surface area contributed by atoms with Crippen LogP contribution in [0.25, 0.3) is 5.69 Å². The van der Waals surface area contributed by atoms with Crippen LogP contribution in [0.15, 0.2) is 39.9 Å². The van der Waals surface area contributed by atoms with Crippen LogP contribution >= 0.6 is 0 Å². The van der Waals surface area contributed by atoms with Crippen molar-refractivity contribution in [2.75, 3.05) is 6.61 Å². The highest BCUT2D eigenvalue weighted by molar-refractivity contribution is 5.86. The lowest BCUT2D eigenvalue weighted by atomic mass is 10.3. The van der Waals surface area contributed by atoms with Gasteiger partial charge in [-0.15, -0.1) is 0 Å². The van der Waals surface area contributed by atoms with Crippen LogP contribution in [0.2, 0.25) is 0 Å². The van der Waals surface area contributed by atoms with E-state index < -0.39 is 22.9 Å². The molecule has 0 amide bonds. The van der Waals surface area contributed by atoms with Crippen molar-refractivity contribution in [2.24, 2.45) is 0 Å². The van der Waals surface area contributed by atoms with Gasteiger partial charge < -0.3 is 4.74 Å². The van der Waals surface area contributed by atoms with E-state index in [1.54, 1.807) is 37.3 Å². The summed E-state index contributed by atoms with van der Waals surface area (Å²) in [4.78, 5) is 35.3. The van der Waals surface area contributed by atoms with E-state index in [4.69, 9.17) is 4.74 Å². The summed E-state index contributed by atoms with van der Waals surface area (Å²) in [6.45, 7) is 1.73. The Kier molecular flexibility index (Phi) is 3.56. The van der Waals surface area contributed by atoms with E-state index in [9.17, 15) is 14.4 Å². The van der Waals surface area contributed by atoms with Gasteiger partial charge in [0.1, 0.15) is 0 Å². The van der Waals surface area contributed by atoms with Crippen molar-refractivity contribution >= 4 is 5.97 Å². The molecule has 0 saturated carbocycles. The molecule has 1 aromatic heterocycles. The number of nitrogens with zero attached hydrogens (tertiary/aromatic N) is 2. The minimum Gasteiger partial charge on any atom is -0.461 e. The molecule has 1 heterocycles. The molecular weight excluding hydrogens is 250 g/mol. The summed E-state index contributed by atoms with van der Waals surface area (Å²) in [5.41, 5.74) is -1.63. The minimum atomic E-state index is -0.867. The molecule has 0 radical (unpaired) electrons. The quantitative estimate of drug-likeness (QED) is 0.791. The fraction of sp³-hybridized carbons (Fsp3) is 0.167. The predicted octanol–water partition coefficient (Wildman–Crippen LogP) is 0.0975. The number of para-hydroxylation sites is 1. The average molecular weight is 261 g/mol. The number of aromatic amines is 1. The van der Waals surface area contributed by atoms with Crippen molar-refractivity contribution in [2.45, 2.75) is 6.92 Å². The van der Waals surface area contributed by atoms with Crippen LogP contribution in [0.5, 0.6) is 0 Å². The van der Waals surface area contributed by atoms with Crippen molar-refractivity contribution < 1.29 is 9.53 Å². The van der Waals surface area contributed by atoms with Gasteiger partial charge in [-0.2, -0.15) is 5.10 Å². The summed E-state index contributed by atoms with van der Waals surface area (Å²) in [5, 5.41) is 5.54. The molecule has 7 heteroatoms. The summed E-state index contributed by atoms with van der Waals surface area (Å²) < 4.78 is 5.54. The molecule has 2 aromatic rings. The van der Waals surface area contributed by atoms with Crippen LogP contribution < -0.4 is 11.2 Å². The molecular formula is C12H11N3O4. The maximum atomic E-state index is 12.1. The van der Waals surface area contributed by atoms with E-state index in [2.05, 4.69) is 10.2 Å². The Morgan fingerprint density at radius 2 is 2.00 bits per heavy atom. The average Bonchev–Trinajstić information content (AvgIpc) is 2.40. The number of ether oxygens (including phenoxy) is 1. The Balaban J connectivity index is 2.63. The molecule has 1 aromatic carbocycles. The number of benzene rings is 1. The topological polar surface area (TPSA) is 94.0 Å². The highest BCUT2D eigenvalue weighted by Gasteiger charge is 2.18. The second-order valence-electron chi connectivity index (χ2n) is 3.57. The maximum absolute atomic E-state index is 12.1. The monoisotopic (exact) mass is 261 g/mol. The summed E-state index contributed by atoms with van der Waals surface area (Å²) in [6.07, 6.45) is 0. The van der Waals surface area contributed by atoms with Gasteiger partial charge in [-0.25, -0.2) is 19.3 Å². The molecule has 0 atom stereocenters. The molecule has 0 aliphatic rings. The first kappa shape index (κ1) is 12.7. The number of nitrogens with one attached hydrogen (secondary N) is 1. The number of aromatic nitrogens is 3. The van der Waals surface area contributed by atoms with Gasteiger partial charge in [0.05, 0.1) is 12.3 Å². The second kappa shape index (κ2) is 5.30. The number of H-pyrrole nitrogens is 1. The number of esters is 1. The van der Waals surface area contributed by atoms with Crippen molar-refractivity contribution in [3.63, 3.8) is 0 Å². The lowest BCUT2D eigenvalue weighted by Crippen LogP contribution is -2.39. The molecule has 19 heavy (non-hydrogen) atoms. The number of hydrogen-bond donors (Lipinski definition) is 1.